The summed E-state index contributed by atoms with van der Waals surface area (Å²) in [5, 5.41) is 15.1. The Bertz CT molecular complexity index is 898. The van der Waals surface area contributed by atoms with Crippen LogP contribution in [-0.2, 0) is 6.42 Å². The van der Waals surface area contributed by atoms with Crippen molar-refractivity contribution in [3.63, 3.8) is 0 Å². The highest BCUT2D eigenvalue weighted by molar-refractivity contribution is 6.00. The van der Waals surface area contributed by atoms with E-state index in [2.05, 4.69) is 26.7 Å². The molecule has 0 fully saturated rings. The predicted molar refractivity (Wildman–Crippen MR) is 107 cm³/mol. The van der Waals surface area contributed by atoms with Gasteiger partial charge in [-0.1, -0.05) is 42.5 Å². The Labute approximate surface area is 158 Å². The maximum atomic E-state index is 9.03. The monoisotopic (exact) mass is 361 g/mol. The summed E-state index contributed by atoms with van der Waals surface area (Å²) in [5.41, 5.74) is 15.1. The molecule has 2 atom stereocenters. The largest absolute Gasteiger partial charge is 0.370 e. The Kier molecular flexibility index (Phi) is 5.38. The number of hydrogen-bond acceptors (Lipinski definition) is 5. The number of nitrogens with one attached hydrogen (secondary N) is 2. The van der Waals surface area contributed by atoms with E-state index in [0.717, 1.165) is 11.1 Å². The van der Waals surface area contributed by atoms with Gasteiger partial charge in [0.15, 0.2) is 11.7 Å². The number of nitrogens with two attached hydrogens (primary N) is 2. The van der Waals surface area contributed by atoms with Gasteiger partial charge in [-0.15, -0.1) is 0 Å². The van der Waals surface area contributed by atoms with Crippen LogP contribution in [0.15, 0.2) is 64.6 Å². The molecular formula is C20H23N7. The van der Waals surface area contributed by atoms with Gasteiger partial charge in [0.1, 0.15) is 0 Å². The van der Waals surface area contributed by atoms with E-state index in [4.69, 9.17) is 16.7 Å². The predicted octanol–water partition coefficient (Wildman–Crippen LogP) is 1.73. The molecule has 0 amide bonds. The maximum absolute atomic E-state index is 9.03. The van der Waals surface area contributed by atoms with Gasteiger partial charge in [0.25, 0.3) is 0 Å². The minimum Gasteiger partial charge on any atom is -0.370 e. The van der Waals surface area contributed by atoms with Crippen LogP contribution in [0.2, 0.25) is 0 Å². The van der Waals surface area contributed by atoms with Crippen LogP contribution in [-0.4, -0.2) is 17.7 Å². The van der Waals surface area contributed by atoms with E-state index >= 15 is 0 Å². The van der Waals surface area contributed by atoms with Crippen molar-refractivity contribution in [3.05, 3.63) is 71.3 Å². The molecule has 7 heteroatoms. The minimum absolute atomic E-state index is 0.0661. The lowest BCUT2D eigenvalue weighted by Crippen LogP contribution is -2.64. The lowest BCUT2D eigenvalue weighted by molar-refractivity contribution is 0.369. The van der Waals surface area contributed by atoms with Crippen molar-refractivity contribution in [2.75, 3.05) is 0 Å². The van der Waals surface area contributed by atoms with Crippen molar-refractivity contribution >= 4 is 11.9 Å². The van der Waals surface area contributed by atoms with Crippen LogP contribution < -0.4 is 22.1 Å². The van der Waals surface area contributed by atoms with E-state index in [1.165, 1.54) is 0 Å². The second kappa shape index (κ2) is 7.89. The fourth-order valence-corrected chi connectivity index (χ4v) is 2.94. The fourth-order valence-electron chi connectivity index (χ4n) is 2.94. The van der Waals surface area contributed by atoms with Crippen LogP contribution in [0.3, 0.4) is 0 Å². The number of benzene rings is 2. The summed E-state index contributed by atoms with van der Waals surface area (Å²) < 4.78 is 0. The molecule has 27 heavy (non-hydrogen) atoms. The summed E-state index contributed by atoms with van der Waals surface area (Å²) >= 11 is 0. The molecule has 0 aromatic heterocycles. The molecule has 1 unspecified atom stereocenters. The van der Waals surface area contributed by atoms with E-state index < -0.39 is 5.79 Å². The van der Waals surface area contributed by atoms with Crippen molar-refractivity contribution in [2.45, 2.75) is 31.6 Å². The SMILES string of the molecule is C[C@H](N=C1NC(N)=NC(N)(CCc2cccc(C#N)c2)N1)c1ccccc1. The molecule has 0 spiro atoms. The fraction of sp³-hybridized carbons (Fsp3) is 0.250. The number of aryl methyl sites for hydroxylation is 1. The molecule has 1 aliphatic rings. The van der Waals surface area contributed by atoms with Crippen LogP contribution in [0.25, 0.3) is 0 Å². The third-order valence-electron chi connectivity index (χ3n) is 4.36. The number of nitriles is 1. The lowest BCUT2D eigenvalue weighted by atomic mass is 10.0. The summed E-state index contributed by atoms with van der Waals surface area (Å²) in [7, 11) is 0. The standard InChI is InChI=1S/C20H23N7/c1-14(17-8-3-2-4-9-17)24-19-25-18(22)26-20(23,27-19)11-10-15-6-5-7-16(12-15)13-21/h2-9,12,14H,10-11,23H2,1H3,(H4,22,24,25,26,27)/t14-,20?/m0/s1. The van der Waals surface area contributed by atoms with Crippen molar-refractivity contribution in [3.8, 4) is 6.07 Å². The van der Waals surface area contributed by atoms with Gasteiger partial charge in [-0.2, -0.15) is 5.26 Å². The third-order valence-corrected chi connectivity index (χ3v) is 4.36. The number of nitrogens with zero attached hydrogens (tertiary/aromatic N) is 3. The topological polar surface area (TPSA) is 125 Å². The van der Waals surface area contributed by atoms with Crippen molar-refractivity contribution < 1.29 is 0 Å². The van der Waals surface area contributed by atoms with Crippen LogP contribution in [0.1, 0.15) is 36.1 Å². The normalized spacial score (nSPS) is 21.5. The first kappa shape index (κ1) is 18.4. The highest BCUT2D eigenvalue weighted by Crippen LogP contribution is 2.18. The number of rotatable bonds is 5. The van der Waals surface area contributed by atoms with Crippen LogP contribution in [0.4, 0.5) is 0 Å². The highest BCUT2D eigenvalue weighted by Gasteiger charge is 2.30. The van der Waals surface area contributed by atoms with Crippen LogP contribution in [0.5, 0.6) is 0 Å². The van der Waals surface area contributed by atoms with Gasteiger partial charge in [0.2, 0.25) is 5.96 Å². The Morgan fingerprint density at radius 1 is 1.22 bits per heavy atom. The van der Waals surface area contributed by atoms with Gasteiger partial charge < -0.3 is 11.1 Å². The zero-order valence-electron chi connectivity index (χ0n) is 15.2. The molecule has 138 valence electrons. The van der Waals surface area contributed by atoms with Gasteiger partial charge in [-0.05, 0) is 36.6 Å². The quantitative estimate of drug-likeness (QED) is 0.645. The smallest absolute Gasteiger partial charge is 0.201 e. The summed E-state index contributed by atoms with van der Waals surface area (Å²) in [6.07, 6.45) is 1.15. The van der Waals surface area contributed by atoms with Crippen molar-refractivity contribution in [2.24, 2.45) is 21.5 Å². The second-order valence-corrected chi connectivity index (χ2v) is 6.55. The third kappa shape index (κ3) is 4.84. The number of guanidine groups is 2. The molecule has 1 aliphatic heterocycles. The zero-order valence-corrected chi connectivity index (χ0v) is 15.2. The molecule has 1 heterocycles. The first-order chi connectivity index (χ1) is 13.0. The van der Waals surface area contributed by atoms with E-state index in [1.54, 1.807) is 6.07 Å². The Hall–Kier alpha value is -3.37. The van der Waals surface area contributed by atoms with Gasteiger partial charge in [0, 0.05) is 6.42 Å². The van der Waals surface area contributed by atoms with Gasteiger partial charge >= 0.3 is 0 Å². The minimum atomic E-state index is -1.06. The molecule has 6 N–H and O–H groups in total. The molecule has 2 aromatic rings. The molecule has 2 aromatic carbocycles. The molecule has 0 saturated heterocycles. The van der Waals surface area contributed by atoms with E-state index in [9.17, 15) is 0 Å². The Morgan fingerprint density at radius 3 is 2.74 bits per heavy atom. The maximum Gasteiger partial charge on any atom is 0.201 e. The molecular weight excluding hydrogens is 338 g/mol. The number of aliphatic imine (C=N–C) groups is 2. The molecule has 3 rings (SSSR count). The van der Waals surface area contributed by atoms with Crippen molar-refractivity contribution in [1.29, 1.82) is 5.26 Å². The van der Waals surface area contributed by atoms with Crippen LogP contribution in [0, 0.1) is 11.3 Å². The van der Waals surface area contributed by atoms with Crippen LogP contribution >= 0.6 is 0 Å². The summed E-state index contributed by atoms with van der Waals surface area (Å²) in [6.45, 7) is 2.00. The summed E-state index contributed by atoms with van der Waals surface area (Å²) in [4.78, 5) is 8.95. The van der Waals surface area contributed by atoms with E-state index in [-0.39, 0.29) is 12.0 Å². The average molecular weight is 361 g/mol. The highest BCUT2D eigenvalue weighted by atomic mass is 15.4. The molecule has 0 saturated carbocycles. The first-order valence-corrected chi connectivity index (χ1v) is 8.79. The Balaban J connectivity index is 1.72. The first-order valence-electron chi connectivity index (χ1n) is 8.79. The van der Waals surface area contributed by atoms with Gasteiger partial charge in [0.05, 0.1) is 17.7 Å². The Morgan fingerprint density at radius 2 is 2.00 bits per heavy atom. The lowest BCUT2D eigenvalue weighted by Gasteiger charge is -2.33. The van der Waals surface area contributed by atoms with Gasteiger partial charge in [-0.3, -0.25) is 11.1 Å². The molecule has 0 bridgehead atoms. The van der Waals surface area contributed by atoms with Gasteiger partial charge in [-0.25, -0.2) is 9.98 Å². The summed E-state index contributed by atoms with van der Waals surface area (Å²) in [6, 6.07) is 19.5. The van der Waals surface area contributed by atoms with E-state index in [0.29, 0.717) is 24.4 Å². The van der Waals surface area contributed by atoms with Crippen molar-refractivity contribution in [1.82, 2.24) is 10.6 Å². The molecule has 7 nitrogen and oxygen atoms in total. The molecule has 0 radical (unpaired) electrons. The zero-order chi connectivity index (χ0) is 19.3. The summed E-state index contributed by atoms with van der Waals surface area (Å²) in [5.74, 6) is -0.346. The average Bonchev–Trinajstić information content (AvgIpc) is 2.66. The number of hydrogen-bond donors (Lipinski definition) is 4. The van der Waals surface area contributed by atoms with E-state index in [1.807, 2.05) is 55.5 Å². The second-order valence-electron chi connectivity index (χ2n) is 6.55. The molecule has 0 aliphatic carbocycles.